The molecule has 0 aliphatic rings. The fraction of sp³-hybridized carbons (Fsp3) is 0.278. The van der Waals surface area contributed by atoms with Crippen molar-refractivity contribution in [1.82, 2.24) is 0 Å². The van der Waals surface area contributed by atoms with Gasteiger partial charge >= 0.3 is 0 Å². The SMILES string of the molecule is COc1ccc(OC)c(OC)c1CCC(=O)c1cccc(O)c1. The van der Waals surface area contributed by atoms with Crippen LogP contribution in [0, 0.1) is 0 Å². The van der Waals surface area contributed by atoms with E-state index in [9.17, 15) is 9.90 Å². The molecule has 1 N–H and O–H groups in total. The lowest BCUT2D eigenvalue weighted by molar-refractivity contribution is 0.0982. The Balaban J connectivity index is 2.24. The zero-order valence-electron chi connectivity index (χ0n) is 13.5. The summed E-state index contributed by atoms with van der Waals surface area (Å²) in [4.78, 5) is 12.3. The molecule has 0 aliphatic carbocycles. The number of carbonyl (C=O) groups excluding carboxylic acids is 1. The topological polar surface area (TPSA) is 65.0 Å². The summed E-state index contributed by atoms with van der Waals surface area (Å²) in [6.07, 6.45) is 0.710. The molecular weight excluding hydrogens is 296 g/mol. The van der Waals surface area contributed by atoms with Crippen molar-refractivity contribution >= 4 is 5.78 Å². The van der Waals surface area contributed by atoms with Crippen LogP contribution in [0.25, 0.3) is 0 Å². The molecule has 0 heterocycles. The predicted octanol–water partition coefficient (Wildman–Crippen LogP) is 3.23. The van der Waals surface area contributed by atoms with Gasteiger partial charge in [-0.15, -0.1) is 0 Å². The minimum atomic E-state index is -0.0622. The van der Waals surface area contributed by atoms with Gasteiger partial charge < -0.3 is 19.3 Å². The Morgan fingerprint density at radius 3 is 2.30 bits per heavy atom. The van der Waals surface area contributed by atoms with Crippen LogP contribution in [-0.4, -0.2) is 32.2 Å². The van der Waals surface area contributed by atoms with E-state index in [-0.39, 0.29) is 18.0 Å². The average molecular weight is 316 g/mol. The molecule has 2 rings (SSSR count). The third-order valence-electron chi connectivity index (χ3n) is 3.60. The Kier molecular flexibility index (Phi) is 5.46. The molecule has 0 bridgehead atoms. The number of aromatic hydroxyl groups is 1. The highest BCUT2D eigenvalue weighted by Gasteiger charge is 2.17. The van der Waals surface area contributed by atoms with Crippen molar-refractivity contribution in [3.8, 4) is 23.0 Å². The minimum absolute atomic E-state index is 0.0622. The monoisotopic (exact) mass is 316 g/mol. The molecule has 5 nitrogen and oxygen atoms in total. The molecule has 0 unspecified atom stereocenters. The highest BCUT2D eigenvalue weighted by atomic mass is 16.5. The van der Waals surface area contributed by atoms with E-state index in [4.69, 9.17) is 14.2 Å². The molecule has 0 atom stereocenters. The van der Waals surface area contributed by atoms with E-state index >= 15 is 0 Å². The predicted molar refractivity (Wildman–Crippen MR) is 86.9 cm³/mol. The first-order valence-corrected chi connectivity index (χ1v) is 7.20. The number of phenolic OH excluding ortho intramolecular Hbond substituents is 1. The smallest absolute Gasteiger partial charge is 0.167 e. The van der Waals surface area contributed by atoms with Crippen molar-refractivity contribution in [1.29, 1.82) is 0 Å². The first-order chi connectivity index (χ1) is 11.1. The van der Waals surface area contributed by atoms with Gasteiger partial charge in [-0.3, -0.25) is 4.79 Å². The zero-order valence-corrected chi connectivity index (χ0v) is 13.5. The third-order valence-corrected chi connectivity index (χ3v) is 3.60. The quantitative estimate of drug-likeness (QED) is 0.794. The molecule has 23 heavy (non-hydrogen) atoms. The summed E-state index contributed by atoms with van der Waals surface area (Å²) in [5.74, 6) is 1.82. The molecule has 2 aromatic carbocycles. The summed E-state index contributed by atoms with van der Waals surface area (Å²) in [7, 11) is 4.69. The molecule has 122 valence electrons. The molecule has 0 amide bonds. The number of phenols is 1. The molecule has 0 spiro atoms. The fourth-order valence-electron chi connectivity index (χ4n) is 2.46. The lowest BCUT2D eigenvalue weighted by Crippen LogP contribution is -2.04. The van der Waals surface area contributed by atoms with Crippen LogP contribution in [0.15, 0.2) is 36.4 Å². The number of ether oxygens (including phenoxy) is 3. The summed E-state index contributed by atoms with van der Waals surface area (Å²) in [6, 6.07) is 9.87. The highest BCUT2D eigenvalue weighted by molar-refractivity contribution is 5.96. The minimum Gasteiger partial charge on any atom is -0.508 e. The molecular formula is C18H20O5. The van der Waals surface area contributed by atoms with Crippen molar-refractivity contribution in [2.24, 2.45) is 0 Å². The zero-order chi connectivity index (χ0) is 16.8. The number of Topliss-reactive ketones (excluding diaryl/α,β-unsaturated/α-hetero) is 1. The Labute approximate surface area is 135 Å². The van der Waals surface area contributed by atoms with Gasteiger partial charge in [-0.05, 0) is 30.7 Å². The normalized spacial score (nSPS) is 10.2. The maximum atomic E-state index is 12.3. The van der Waals surface area contributed by atoms with Crippen LogP contribution in [0.4, 0.5) is 0 Å². The number of benzene rings is 2. The second-order valence-corrected chi connectivity index (χ2v) is 4.96. The molecule has 5 heteroatoms. The van der Waals surface area contributed by atoms with Crippen LogP contribution >= 0.6 is 0 Å². The van der Waals surface area contributed by atoms with Crippen molar-refractivity contribution < 1.29 is 24.1 Å². The van der Waals surface area contributed by atoms with Crippen molar-refractivity contribution in [2.45, 2.75) is 12.8 Å². The molecule has 2 aromatic rings. The largest absolute Gasteiger partial charge is 0.508 e. The van der Waals surface area contributed by atoms with Crippen molar-refractivity contribution in [2.75, 3.05) is 21.3 Å². The Bertz CT molecular complexity index is 694. The van der Waals surface area contributed by atoms with Crippen LogP contribution in [0.1, 0.15) is 22.3 Å². The van der Waals surface area contributed by atoms with Crippen LogP contribution < -0.4 is 14.2 Å². The Morgan fingerprint density at radius 2 is 1.70 bits per heavy atom. The van der Waals surface area contributed by atoms with Gasteiger partial charge in [0, 0.05) is 17.5 Å². The van der Waals surface area contributed by atoms with Gasteiger partial charge in [-0.1, -0.05) is 12.1 Å². The van der Waals surface area contributed by atoms with Crippen LogP contribution in [0.2, 0.25) is 0 Å². The number of carbonyl (C=O) groups is 1. The van der Waals surface area contributed by atoms with Gasteiger partial charge in [0.25, 0.3) is 0 Å². The fourth-order valence-corrected chi connectivity index (χ4v) is 2.46. The standard InChI is InChI=1S/C18H20O5/c1-21-16-9-10-17(22-2)18(23-3)14(16)7-8-15(20)12-5-4-6-13(19)11-12/h4-6,9-11,19H,7-8H2,1-3H3. The summed E-state index contributed by atoms with van der Waals surface area (Å²) < 4.78 is 16.1. The molecule has 0 saturated carbocycles. The average Bonchev–Trinajstić information content (AvgIpc) is 2.58. The van der Waals surface area contributed by atoms with E-state index in [1.54, 1.807) is 45.6 Å². The van der Waals surface area contributed by atoms with Crippen LogP contribution in [0.5, 0.6) is 23.0 Å². The molecule has 0 aromatic heterocycles. The van der Waals surface area contributed by atoms with Gasteiger partial charge in [-0.25, -0.2) is 0 Å². The number of rotatable bonds is 7. The van der Waals surface area contributed by atoms with E-state index in [1.165, 1.54) is 12.1 Å². The van der Waals surface area contributed by atoms with Crippen LogP contribution in [-0.2, 0) is 6.42 Å². The molecule has 0 fully saturated rings. The highest BCUT2D eigenvalue weighted by Crippen LogP contribution is 2.38. The lowest BCUT2D eigenvalue weighted by Gasteiger charge is -2.16. The number of hydrogen-bond acceptors (Lipinski definition) is 5. The van der Waals surface area contributed by atoms with Gasteiger partial charge in [0.1, 0.15) is 11.5 Å². The lowest BCUT2D eigenvalue weighted by atomic mass is 10.0. The van der Waals surface area contributed by atoms with Crippen LogP contribution in [0.3, 0.4) is 0 Å². The van der Waals surface area contributed by atoms with Gasteiger partial charge in [0.05, 0.1) is 21.3 Å². The summed E-state index contributed by atoms with van der Waals surface area (Å²) in [6.45, 7) is 0. The van der Waals surface area contributed by atoms with E-state index in [2.05, 4.69) is 0 Å². The maximum Gasteiger partial charge on any atom is 0.167 e. The first-order valence-electron chi connectivity index (χ1n) is 7.20. The van der Waals surface area contributed by atoms with Crippen molar-refractivity contribution in [3.63, 3.8) is 0 Å². The van der Waals surface area contributed by atoms with E-state index in [0.717, 1.165) is 5.56 Å². The summed E-state index contributed by atoms with van der Waals surface area (Å²) >= 11 is 0. The Hall–Kier alpha value is -2.69. The number of methoxy groups -OCH3 is 3. The van der Waals surface area contributed by atoms with E-state index in [1.807, 2.05) is 0 Å². The third kappa shape index (κ3) is 3.74. The molecule has 0 radical (unpaired) electrons. The Morgan fingerprint density at radius 1 is 1.00 bits per heavy atom. The molecule has 0 saturated heterocycles. The number of ketones is 1. The van der Waals surface area contributed by atoms with Gasteiger partial charge in [-0.2, -0.15) is 0 Å². The van der Waals surface area contributed by atoms with E-state index in [0.29, 0.717) is 29.2 Å². The first kappa shape index (κ1) is 16.7. The summed E-state index contributed by atoms with van der Waals surface area (Å²) in [5, 5.41) is 9.47. The van der Waals surface area contributed by atoms with Gasteiger partial charge in [0.2, 0.25) is 0 Å². The number of hydrogen-bond donors (Lipinski definition) is 1. The second-order valence-electron chi connectivity index (χ2n) is 4.96. The molecule has 0 aliphatic heterocycles. The summed E-state index contributed by atoms with van der Waals surface area (Å²) in [5.41, 5.74) is 1.26. The van der Waals surface area contributed by atoms with Gasteiger partial charge in [0.15, 0.2) is 17.3 Å². The second kappa shape index (κ2) is 7.54. The van der Waals surface area contributed by atoms with Crippen molar-refractivity contribution in [3.05, 3.63) is 47.5 Å². The van der Waals surface area contributed by atoms with E-state index < -0.39 is 0 Å². The maximum absolute atomic E-state index is 12.3.